The molecule has 1 heterocycles. The number of nitrogens with one attached hydrogen (secondary N) is 1. The summed E-state index contributed by atoms with van der Waals surface area (Å²) in [5.41, 5.74) is 1.17. The van der Waals surface area contributed by atoms with Gasteiger partial charge in [-0.05, 0) is 31.2 Å². The number of ketones is 1. The summed E-state index contributed by atoms with van der Waals surface area (Å²) >= 11 is 0. The van der Waals surface area contributed by atoms with Crippen LogP contribution in [0, 0.1) is 0 Å². The zero-order valence-corrected chi connectivity index (χ0v) is 10.4. The van der Waals surface area contributed by atoms with Gasteiger partial charge in [-0.15, -0.1) is 0 Å². The number of benzene rings is 1. The lowest BCUT2D eigenvalue weighted by atomic mass is 10.1. The van der Waals surface area contributed by atoms with E-state index in [0.717, 1.165) is 0 Å². The van der Waals surface area contributed by atoms with Crippen molar-refractivity contribution in [2.75, 3.05) is 18.0 Å². The number of carboxylic acids is 1. The van der Waals surface area contributed by atoms with Crippen molar-refractivity contribution in [3.05, 3.63) is 29.8 Å². The van der Waals surface area contributed by atoms with Crippen molar-refractivity contribution in [2.24, 2.45) is 0 Å². The molecule has 1 unspecified atom stereocenters. The maximum absolute atomic E-state index is 11.4. The fraction of sp³-hybridized carbons (Fsp3) is 0.308. The second kappa shape index (κ2) is 5.09. The Kier molecular flexibility index (Phi) is 3.50. The molecule has 0 bridgehead atoms. The first-order chi connectivity index (χ1) is 8.99. The van der Waals surface area contributed by atoms with E-state index in [0.29, 0.717) is 11.3 Å². The number of carbonyl (C=O) groups is 3. The summed E-state index contributed by atoms with van der Waals surface area (Å²) < 4.78 is 0. The smallest absolute Gasteiger partial charge is 0.328 e. The van der Waals surface area contributed by atoms with Gasteiger partial charge < -0.3 is 15.3 Å². The minimum atomic E-state index is -0.990. The van der Waals surface area contributed by atoms with Crippen LogP contribution in [0.1, 0.15) is 17.3 Å². The Morgan fingerprint density at radius 3 is 2.47 bits per heavy atom. The van der Waals surface area contributed by atoms with Crippen LogP contribution >= 0.6 is 0 Å². The minimum Gasteiger partial charge on any atom is -0.480 e. The molecule has 1 atom stereocenters. The average molecular weight is 262 g/mol. The zero-order chi connectivity index (χ0) is 14.0. The largest absolute Gasteiger partial charge is 0.480 e. The van der Waals surface area contributed by atoms with Crippen molar-refractivity contribution in [1.29, 1.82) is 0 Å². The number of aliphatic carboxylic acids is 1. The van der Waals surface area contributed by atoms with Gasteiger partial charge >= 0.3 is 5.97 Å². The number of rotatable bonds is 3. The molecule has 0 saturated carbocycles. The Morgan fingerprint density at radius 1 is 1.32 bits per heavy atom. The van der Waals surface area contributed by atoms with Gasteiger partial charge in [-0.25, -0.2) is 4.79 Å². The van der Waals surface area contributed by atoms with E-state index in [2.05, 4.69) is 5.32 Å². The minimum absolute atomic E-state index is 0.00359. The molecule has 2 N–H and O–H groups in total. The number of carbonyl (C=O) groups excluding carboxylic acids is 2. The normalized spacial score (nSPS) is 18.9. The number of hydrogen-bond donors (Lipinski definition) is 2. The summed E-state index contributed by atoms with van der Waals surface area (Å²) in [6, 6.07) is 5.78. The third-order valence-corrected chi connectivity index (χ3v) is 3.07. The first kappa shape index (κ1) is 13.1. The molecule has 0 radical (unpaired) electrons. The Bertz CT molecular complexity index is 524. The Morgan fingerprint density at radius 2 is 1.95 bits per heavy atom. The van der Waals surface area contributed by atoms with Crippen LogP contribution < -0.4 is 10.2 Å². The van der Waals surface area contributed by atoms with Crippen LogP contribution in [0.2, 0.25) is 0 Å². The number of amides is 1. The molecule has 1 fully saturated rings. The van der Waals surface area contributed by atoms with Gasteiger partial charge in [-0.1, -0.05) is 0 Å². The number of Topliss-reactive ketones (excluding diaryl/α,β-unsaturated/α-hetero) is 1. The van der Waals surface area contributed by atoms with E-state index in [9.17, 15) is 14.4 Å². The monoisotopic (exact) mass is 262 g/mol. The molecule has 0 spiro atoms. The molecule has 2 rings (SSSR count). The Balaban J connectivity index is 2.28. The van der Waals surface area contributed by atoms with E-state index >= 15 is 0 Å². The van der Waals surface area contributed by atoms with Crippen LogP contribution in [0.15, 0.2) is 24.3 Å². The van der Waals surface area contributed by atoms with Crippen molar-refractivity contribution in [3.8, 4) is 0 Å². The summed E-state index contributed by atoms with van der Waals surface area (Å²) in [5.74, 6) is -1.26. The summed E-state index contributed by atoms with van der Waals surface area (Å²) in [7, 11) is 0. The van der Waals surface area contributed by atoms with E-state index in [-0.39, 0.29) is 24.8 Å². The number of hydrogen-bond acceptors (Lipinski definition) is 4. The molecule has 1 aliphatic heterocycles. The van der Waals surface area contributed by atoms with Crippen LogP contribution in [0.3, 0.4) is 0 Å². The Hall–Kier alpha value is -2.37. The lowest BCUT2D eigenvalue weighted by Gasteiger charge is -2.34. The second-order valence-electron chi connectivity index (χ2n) is 4.39. The molecule has 1 amide bonds. The van der Waals surface area contributed by atoms with E-state index in [1.807, 2.05) is 0 Å². The average Bonchev–Trinajstić information content (AvgIpc) is 2.38. The molecule has 6 nitrogen and oxygen atoms in total. The molecule has 19 heavy (non-hydrogen) atoms. The van der Waals surface area contributed by atoms with Gasteiger partial charge in [-0.2, -0.15) is 0 Å². The zero-order valence-electron chi connectivity index (χ0n) is 10.4. The maximum atomic E-state index is 11.4. The van der Waals surface area contributed by atoms with Crippen molar-refractivity contribution in [2.45, 2.75) is 13.0 Å². The molecule has 0 aromatic heterocycles. The van der Waals surface area contributed by atoms with Crippen LogP contribution in [0.5, 0.6) is 0 Å². The van der Waals surface area contributed by atoms with Crippen LogP contribution in [-0.2, 0) is 9.59 Å². The topological polar surface area (TPSA) is 86.7 Å². The fourth-order valence-electron chi connectivity index (χ4n) is 2.02. The Labute approximate surface area is 110 Å². The molecule has 1 aromatic rings. The van der Waals surface area contributed by atoms with E-state index in [4.69, 9.17) is 5.11 Å². The number of anilines is 1. The highest BCUT2D eigenvalue weighted by Gasteiger charge is 2.31. The standard InChI is InChI=1S/C13H14N2O4/c1-8(16)9-2-4-10(5-3-9)15-7-12(17)14-6-11(15)13(18)19/h2-5,11H,6-7H2,1H3,(H,14,17)(H,18,19). The van der Waals surface area contributed by atoms with Crippen molar-refractivity contribution in [3.63, 3.8) is 0 Å². The summed E-state index contributed by atoms with van der Waals surface area (Å²) in [4.78, 5) is 35.3. The van der Waals surface area contributed by atoms with Crippen LogP contribution in [0.25, 0.3) is 0 Å². The van der Waals surface area contributed by atoms with Crippen LogP contribution in [-0.4, -0.2) is 41.9 Å². The van der Waals surface area contributed by atoms with Gasteiger partial charge in [-0.3, -0.25) is 9.59 Å². The highest BCUT2D eigenvalue weighted by atomic mass is 16.4. The lowest BCUT2D eigenvalue weighted by molar-refractivity contribution is -0.139. The molecular formula is C13H14N2O4. The summed E-state index contributed by atoms with van der Waals surface area (Å²) in [5, 5.41) is 11.7. The number of carboxylic acid groups (broad SMARTS) is 1. The van der Waals surface area contributed by atoms with Gasteiger partial charge in [0, 0.05) is 17.8 Å². The summed E-state index contributed by atoms with van der Waals surface area (Å²) in [6.07, 6.45) is 0. The molecule has 1 aromatic carbocycles. The predicted octanol–water partition coefficient (Wildman–Crippen LogP) is 0.279. The SMILES string of the molecule is CC(=O)c1ccc(N2CC(=O)NCC2C(=O)O)cc1. The van der Waals surface area contributed by atoms with E-state index in [1.54, 1.807) is 24.3 Å². The van der Waals surface area contributed by atoms with Crippen molar-refractivity contribution in [1.82, 2.24) is 5.32 Å². The quantitative estimate of drug-likeness (QED) is 0.764. The van der Waals surface area contributed by atoms with E-state index in [1.165, 1.54) is 11.8 Å². The fourth-order valence-corrected chi connectivity index (χ4v) is 2.02. The molecular weight excluding hydrogens is 248 g/mol. The van der Waals surface area contributed by atoms with Crippen molar-refractivity contribution < 1.29 is 19.5 Å². The molecule has 0 aliphatic carbocycles. The maximum Gasteiger partial charge on any atom is 0.328 e. The first-order valence-electron chi connectivity index (χ1n) is 5.86. The number of piperazine rings is 1. The summed E-state index contributed by atoms with van der Waals surface area (Å²) in [6.45, 7) is 1.53. The van der Waals surface area contributed by atoms with Crippen LogP contribution in [0.4, 0.5) is 5.69 Å². The highest BCUT2D eigenvalue weighted by molar-refractivity contribution is 5.95. The predicted molar refractivity (Wildman–Crippen MR) is 68.2 cm³/mol. The van der Waals surface area contributed by atoms with Gasteiger partial charge in [0.05, 0.1) is 6.54 Å². The number of nitrogens with zero attached hydrogens (tertiary/aromatic N) is 1. The molecule has 100 valence electrons. The van der Waals surface area contributed by atoms with Crippen molar-refractivity contribution >= 4 is 23.3 Å². The molecule has 6 heteroatoms. The third kappa shape index (κ3) is 2.73. The van der Waals surface area contributed by atoms with Gasteiger partial charge in [0.25, 0.3) is 0 Å². The third-order valence-electron chi connectivity index (χ3n) is 3.07. The highest BCUT2D eigenvalue weighted by Crippen LogP contribution is 2.19. The van der Waals surface area contributed by atoms with Gasteiger partial charge in [0.2, 0.25) is 5.91 Å². The lowest BCUT2D eigenvalue weighted by Crippen LogP contribution is -2.57. The second-order valence-corrected chi connectivity index (χ2v) is 4.39. The van der Waals surface area contributed by atoms with E-state index < -0.39 is 12.0 Å². The van der Waals surface area contributed by atoms with Gasteiger partial charge in [0.1, 0.15) is 6.04 Å². The molecule has 1 aliphatic rings. The van der Waals surface area contributed by atoms with Gasteiger partial charge in [0.15, 0.2) is 5.78 Å². The first-order valence-corrected chi connectivity index (χ1v) is 5.86. The molecule has 1 saturated heterocycles.